The molecule has 0 saturated carbocycles. The van der Waals surface area contributed by atoms with Gasteiger partial charge < -0.3 is 15.0 Å². The summed E-state index contributed by atoms with van der Waals surface area (Å²) in [4.78, 5) is 15.2. The molecule has 2 heterocycles. The number of carbonyl (C=O) groups is 1. The summed E-state index contributed by atoms with van der Waals surface area (Å²) in [6.07, 6.45) is 6.60. The van der Waals surface area contributed by atoms with Crippen molar-refractivity contribution >= 4 is 5.91 Å². The highest BCUT2D eigenvalue weighted by molar-refractivity contribution is 5.83. The van der Waals surface area contributed by atoms with Crippen LogP contribution in [0.1, 0.15) is 52.4 Å². The summed E-state index contributed by atoms with van der Waals surface area (Å²) in [6.45, 7) is 8.86. The highest BCUT2D eigenvalue weighted by atomic mass is 16.5. The van der Waals surface area contributed by atoms with Crippen LogP contribution in [0.2, 0.25) is 0 Å². The lowest BCUT2D eigenvalue weighted by Crippen LogP contribution is -2.54. The molecular formula is C17H32N2O2. The average Bonchev–Trinajstić information content (AvgIpc) is 2.55. The van der Waals surface area contributed by atoms with Crippen LogP contribution in [0.3, 0.4) is 0 Å². The minimum absolute atomic E-state index is 0.279. The van der Waals surface area contributed by atoms with E-state index in [2.05, 4.69) is 24.1 Å². The third-order valence-electron chi connectivity index (χ3n) is 6.05. The Kier molecular flexibility index (Phi) is 5.67. The van der Waals surface area contributed by atoms with Crippen molar-refractivity contribution < 1.29 is 9.53 Å². The quantitative estimate of drug-likeness (QED) is 0.847. The van der Waals surface area contributed by atoms with Crippen molar-refractivity contribution in [2.45, 2.75) is 52.4 Å². The van der Waals surface area contributed by atoms with Crippen LogP contribution < -0.4 is 5.32 Å². The highest BCUT2D eigenvalue weighted by Gasteiger charge is 2.44. The van der Waals surface area contributed by atoms with Crippen molar-refractivity contribution in [3.8, 4) is 0 Å². The Hall–Kier alpha value is -0.610. The average molecular weight is 296 g/mol. The van der Waals surface area contributed by atoms with Crippen LogP contribution in [0.25, 0.3) is 0 Å². The van der Waals surface area contributed by atoms with E-state index < -0.39 is 0 Å². The van der Waals surface area contributed by atoms with Crippen molar-refractivity contribution in [1.29, 1.82) is 0 Å². The van der Waals surface area contributed by atoms with Crippen LogP contribution in [0.15, 0.2) is 0 Å². The molecule has 0 unspecified atom stereocenters. The van der Waals surface area contributed by atoms with Crippen LogP contribution in [-0.4, -0.2) is 50.7 Å². The lowest BCUT2D eigenvalue weighted by molar-refractivity contribution is -0.150. The van der Waals surface area contributed by atoms with E-state index in [1.54, 1.807) is 7.11 Å². The first-order chi connectivity index (χ1) is 10.1. The molecule has 0 aliphatic carbocycles. The summed E-state index contributed by atoms with van der Waals surface area (Å²) >= 11 is 0. The molecular weight excluding hydrogens is 264 g/mol. The Morgan fingerprint density at radius 3 is 2.14 bits per heavy atom. The summed E-state index contributed by atoms with van der Waals surface area (Å²) in [6, 6.07) is 0. The van der Waals surface area contributed by atoms with Crippen LogP contribution in [-0.2, 0) is 9.53 Å². The summed E-state index contributed by atoms with van der Waals surface area (Å²) in [5.41, 5.74) is 0.192. The highest BCUT2D eigenvalue weighted by Crippen LogP contribution is 2.40. The van der Waals surface area contributed by atoms with Gasteiger partial charge >= 0.3 is 0 Å². The number of nitrogens with one attached hydrogen (secondary N) is 1. The molecule has 2 aliphatic heterocycles. The third-order valence-corrected chi connectivity index (χ3v) is 6.05. The summed E-state index contributed by atoms with van der Waals surface area (Å²) in [5, 5.41) is 3.36. The van der Waals surface area contributed by atoms with E-state index in [1.165, 1.54) is 12.8 Å². The zero-order chi connectivity index (χ0) is 15.3. The van der Waals surface area contributed by atoms with Gasteiger partial charge in [0.05, 0.1) is 12.0 Å². The number of nitrogens with zero attached hydrogens (tertiary/aromatic N) is 1. The number of ether oxygens (including phenoxy) is 1. The number of methoxy groups -OCH3 is 1. The summed E-state index contributed by atoms with van der Waals surface area (Å²) in [5.74, 6) is 0.339. The first-order valence-electron chi connectivity index (χ1n) is 8.60. The van der Waals surface area contributed by atoms with Gasteiger partial charge in [-0.15, -0.1) is 0 Å². The predicted octanol–water partition coefficient (Wildman–Crippen LogP) is 2.43. The van der Waals surface area contributed by atoms with Crippen LogP contribution in [0.4, 0.5) is 0 Å². The minimum Gasteiger partial charge on any atom is -0.384 e. The maximum Gasteiger partial charge on any atom is 0.231 e. The molecule has 0 aromatic rings. The molecule has 0 atom stereocenters. The maximum atomic E-state index is 13.1. The largest absolute Gasteiger partial charge is 0.384 e. The van der Waals surface area contributed by atoms with Gasteiger partial charge in [-0.25, -0.2) is 0 Å². The number of piperidine rings is 2. The van der Waals surface area contributed by atoms with Gasteiger partial charge in [-0.3, -0.25) is 4.79 Å². The monoisotopic (exact) mass is 296 g/mol. The zero-order valence-electron chi connectivity index (χ0n) is 14.0. The van der Waals surface area contributed by atoms with Crippen LogP contribution in [0.5, 0.6) is 0 Å². The van der Waals surface area contributed by atoms with E-state index >= 15 is 0 Å². The molecule has 0 aromatic heterocycles. The molecule has 4 heteroatoms. The number of likely N-dealkylation sites (tertiary alicyclic amines) is 1. The second kappa shape index (κ2) is 7.10. The fourth-order valence-corrected chi connectivity index (χ4v) is 4.08. The molecule has 1 amide bonds. The molecule has 2 aliphatic rings. The lowest BCUT2D eigenvalue weighted by Gasteiger charge is -2.45. The molecule has 0 aromatic carbocycles. The van der Waals surface area contributed by atoms with Crippen molar-refractivity contribution in [2.24, 2.45) is 10.8 Å². The van der Waals surface area contributed by atoms with E-state index in [4.69, 9.17) is 4.74 Å². The topological polar surface area (TPSA) is 41.6 Å². The normalized spacial score (nSPS) is 24.8. The Labute approximate surface area is 129 Å². The van der Waals surface area contributed by atoms with Gasteiger partial charge in [0, 0.05) is 20.2 Å². The smallest absolute Gasteiger partial charge is 0.231 e. The number of carbonyl (C=O) groups excluding carboxylic acids is 1. The Morgan fingerprint density at radius 2 is 1.67 bits per heavy atom. The molecule has 21 heavy (non-hydrogen) atoms. The number of hydrogen-bond donors (Lipinski definition) is 1. The van der Waals surface area contributed by atoms with Crippen molar-refractivity contribution in [1.82, 2.24) is 10.2 Å². The summed E-state index contributed by atoms with van der Waals surface area (Å²) in [7, 11) is 1.71. The van der Waals surface area contributed by atoms with Crippen LogP contribution in [0, 0.1) is 10.8 Å². The SMILES string of the molecule is CCC1(CC)CCN(C(=O)C2(COC)CCNCC2)CC1. The molecule has 1 N–H and O–H groups in total. The second-order valence-electron chi connectivity index (χ2n) is 6.96. The predicted molar refractivity (Wildman–Crippen MR) is 85.2 cm³/mol. The molecule has 0 spiro atoms. The molecule has 2 saturated heterocycles. The van der Waals surface area contributed by atoms with Crippen LogP contribution >= 0.6 is 0 Å². The molecule has 2 rings (SSSR count). The summed E-state index contributed by atoms with van der Waals surface area (Å²) < 4.78 is 5.40. The Morgan fingerprint density at radius 1 is 1.10 bits per heavy atom. The standard InChI is InChI=1S/C17H32N2O2/c1-4-16(5-2)8-12-19(13-9-16)15(20)17(14-21-3)6-10-18-11-7-17/h18H,4-14H2,1-3H3. The van der Waals surface area contributed by atoms with Gasteiger partial charge in [-0.2, -0.15) is 0 Å². The van der Waals surface area contributed by atoms with E-state index in [0.717, 1.165) is 51.9 Å². The van der Waals surface area contributed by atoms with Crippen molar-refractivity contribution in [3.63, 3.8) is 0 Å². The zero-order valence-corrected chi connectivity index (χ0v) is 14.0. The molecule has 122 valence electrons. The van der Waals surface area contributed by atoms with Gasteiger partial charge in [0.15, 0.2) is 0 Å². The number of amides is 1. The van der Waals surface area contributed by atoms with Crippen molar-refractivity contribution in [3.05, 3.63) is 0 Å². The molecule has 2 fully saturated rings. The van der Waals surface area contributed by atoms with E-state index in [-0.39, 0.29) is 5.41 Å². The molecule has 0 bridgehead atoms. The second-order valence-corrected chi connectivity index (χ2v) is 6.96. The van der Waals surface area contributed by atoms with E-state index in [0.29, 0.717) is 17.9 Å². The first-order valence-corrected chi connectivity index (χ1v) is 8.60. The fraction of sp³-hybridized carbons (Fsp3) is 0.941. The van der Waals surface area contributed by atoms with Crippen molar-refractivity contribution in [2.75, 3.05) is 39.9 Å². The molecule has 0 radical (unpaired) electrons. The van der Waals surface area contributed by atoms with Gasteiger partial charge in [0.1, 0.15) is 0 Å². The van der Waals surface area contributed by atoms with Gasteiger partial charge in [-0.1, -0.05) is 26.7 Å². The van der Waals surface area contributed by atoms with Gasteiger partial charge in [0.2, 0.25) is 5.91 Å². The minimum atomic E-state index is -0.279. The first kappa shape index (κ1) is 16.8. The van der Waals surface area contributed by atoms with E-state index in [9.17, 15) is 4.79 Å². The molecule has 4 nitrogen and oxygen atoms in total. The van der Waals surface area contributed by atoms with Gasteiger partial charge in [-0.05, 0) is 44.2 Å². The lowest BCUT2D eigenvalue weighted by atomic mass is 9.72. The number of rotatable bonds is 5. The maximum absolute atomic E-state index is 13.1. The Bertz CT molecular complexity index is 331. The van der Waals surface area contributed by atoms with E-state index in [1.807, 2.05) is 0 Å². The third kappa shape index (κ3) is 3.42. The van der Waals surface area contributed by atoms with Gasteiger partial charge in [0.25, 0.3) is 0 Å². The Balaban J connectivity index is 2.02. The fourth-order valence-electron chi connectivity index (χ4n) is 4.08. The number of hydrogen-bond acceptors (Lipinski definition) is 3.